The number of hydrogen-bond acceptors (Lipinski definition) is 6. The van der Waals surface area contributed by atoms with Gasteiger partial charge in [0.15, 0.2) is 11.5 Å². The fourth-order valence-electron chi connectivity index (χ4n) is 2.24. The zero-order valence-electron chi connectivity index (χ0n) is 13.2. The lowest BCUT2D eigenvalue weighted by molar-refractivity contribution is 0.112. The summed E-state index contributed by atoms with van der Waals surface area (Å²) >= 11 is 0. The Morgan fingerprint density at radius 3 is 2.13 bits per heavy atom. The van der Waals surface area contributed by atoms with Crippen LogP contribution in [0.5, 0.6) is 17.2 Å². The number of ether oxygens (including phenoxy) is 3. The number of methoxy groups -OCH3 is 3. The molecule has 2 rings (SSSR count). The minimum Gasteiger partial charge on any atom is -0.493 e. The molecule has 0 saturated carbocycles. The molecule has 6 nitrogen and oxygen atoms in total. The molecular formula is C17H18N2O4. The summed E-state index contributed by atoms with van der Waals surface area (Å²) in [5, 5.41) is 8.41. The van der Waals surface area contributed by atoms with Gasteiger partial charge >= 0.3 is 0 Å². The van der Waals surface area contributed by atoms with E-state index in [9.17, 15) is 4.79 Å². The normalized spacial score (nSPS) is 10.0. The van der Waals surface area contributed by atoms with Crippen molar-refractivity contribution in [2.75, 3.05) is 27.1 Å². The molecule has 0 aliphatic carbocycles. The predicted octanol–water partition coefficient (Wildman–Crippen LogP) is 2.52. The highest BCUT2D eigenvalue weighted by Gasteiger charge is 2.17. The molecule has 23 heavy (non-hydrogen) atoms. The Hall–Kier alpha value is -3.02. The van der Waals surface area contributed by atoms with Crippen LogP contribution in [0.3, 0.4) is 0 Å². The van der Waals surface area contributed by atoms with Crippen molar-refractivity contribution in [2.24, 2.45) is 0 Å². The van der Waals surface area contributed by atoms with E-state index in [0.717, 1.165) is 0 Å². The molecule has 6 heteroatoms. The molecule has 2 aromatic rings. The summed E-state index contributed by atoms with van der Waals surface area (Å²) in [6.45, 7) is 0. The summed E-state index contributed by atoms with van der Waals surface area (Å²) in [5.41, 5.74) is 7.95. The van der Waals surface area contributed by atoms with Gasteiger partial charge in [-0.1, -0.05) is 0 Å². The lowest BCUT2D eigenvalue weighted by Gasteiger charge is -2.15. The maximum atomic E-state index is 10.9. The molecule has 0 amide bonds. The van der Waals surface area contributed by atoms with Crippen molar-refractivity contribution in [3.05, 3.63) is 47.0 Å². The van der Waals surface area contributed by atoms with E-state index in [2.05, 4.69) is 0 Å². The number of nitrogen functional groups attached to an aromatic ring is 1. The first-order valence-corrected chi connectivity index (χ1v) is 6.79. The average Bonchev–Trinajstić information content (AvgIpc) is 2.60. The van der Waals surface area contributed by atoms with E-state index in [4.69, 9.17) is 25.4 Å². The second-order valence-electron chi connectivity index (χ2n) is 4.75. The number of hydrogen-bond donors (Lipinski definition) is 2. The smallest absolute Gasteiger partial charge is 0.203 e. The summed E-state index contributed by atoms with van der Waals surface area (Å²) in [6.07, 6.45) is 0.714. The topological polar surface area (TPSA) is 94.6 Å². The third kappa shape index (κ3) is 3.11. The van der Waals surface area contributed by atoms with Gasteiger partial charge in [-0.3, -0.25) is 10.2 Å². The van der Waals surface area contributed by atoms with E-state index in [-0.39, 0.29) is 5.71 Å². The summed E-state index contributed by atoms with van der Waals surface area (Å²) in [7, 11) is 4.52. The van der Waals surface area contributed by atoms with Gasteiger partial charge in [0.2, 0.25) is 5.75 Å². The highest BCUT2D eigenvalue weighted by molar-refractivity contribution is 6.14. The number of nitrogens with two attached hydrogens (primary N) is 1. The Morgan fingerprint density at radius 2 is 1.65 bits per heavy atom. The molecule has 2 aromatic carbocycles. The third-order valence-corrected chi connectivity index (χ3v) is 3.44. The molecule has 120 valence electrons. The number of anilines is 1. The first-order chi connectivity index (χ1) is 11.0. The molecule has 0 fully saturated rings. The van der Waals surface area contributed by atoms with Gasteiger partial charge in [-0.25, -0.2) is 0 Å². The van der Waals surface area contributed by atoms with Gasteiger partial charge in [0, 0.05) is 22.4 Å². The van der Waals surface area contributed by atoms with E-state index in [1.807, 2.05) is 0 Å². The Balaban J connectivity index is 2.57. The van der Waals surface area contributed by atoms with E-state index in [1.165, 1.54) is 21.3 Å². The van der Waals surface area contributed by atoms with Crippen LogP contribution in [0.4, 0.5) is 5.69 Å². The molecule has 0 saturated heterocycles. The van der Waals surface area contributed by atoms with Crippen LogP contribution in [0.25, 0.3) is 0 Å². The molecule has 3 N–H and O–H groups in total. The van der Waals surface area contributed by atoms with E-state index < -0.39 is 0 Å². The number of nitrogens with one attached hydrogen (secondary N) is 1. The molecule has 0 heterocycles. The quantitative estimate of drug-likeness (QED) is 0.485. The minimum absolute atomic E-state index is 0.158. The van der Waals surface area contributed by atoms with Crippen LogP contribution in [0.2, 0.25) is 0 Å². The van der Waals surface area contributed by atoms with Gasteiger partial charge < -0.3 is 19.9 Å². The van der Waals surface area contributed by atoms with Crippen molar-refractivity contribution in [2.45, 2.75) is 0 Å². The van der Waals surface area contributed by atoms with Gasteiger partial charge in [-0.15, -0.1) is 0 Å². The van der Waals surface area contributed by atoms with Crippen molar-refractivity contribution in [1.82, 2.24) is 0 Å². The summed E-state index contributed by atoms with van der Waals surface area (Å²) < 4.78 is 15.9. The lowest BCUT2D eigenvalue weighted by Crippen LogP contribution is -2.07. The molecule has 0 aromatic heterocycles. The Kier molecular flexibility index (Phi) is 4.85. The van der Waals surface area contributed by atoms with Crippen LogP contribution in [-0.4, -0.2) is 33.3 Å². The minimum atomic E-state index is 0.158. The van der Waals surface area contributed by atoms with E-state index in [0.29, 0.717) is 45.9 Å². The maximum Gasteiger partial charge on any atom is 0.203 e. The SMILES string of the molecule is COc1cc(C(=N)c2cc(C=O)ccc2N)cc(OC)c1OC. The average molecular weight is 314 g/mol. The van der Waals surface area contributed by atoms with Crippen molar-refractivity contribution >= 4 is 17.7 Å². The maximum absolute atomic E-state index is 10.9. The highest BCUT2D eigenvalue weighted by atomic mass is 16.5. The number of benzene rings is 2. The molecule has 0 unspecified atom stereocenters. The first-order valence-electron chi connectivity index (χ1n) is 6.79. The second kappa shape index (κ2) is 6.83. The molecule has 0 atom stereocenters. The molecule has 0 bridgehead atoms. The van der Waals surface area contributed by atoms with Crippen LogP contribution in [0.1, 0.15) is 21.5 Å². The van der Waals surface area contributed by atoms with Gasteiger partial charge in [-0.2, -0.15) is 0 Å². The van der Waals surface area contributed by atoms with E-state index >= 15 is 0 Å². The lowest BCUT2D eigenvalue weighted by atomic mass is 9.98. The van der Waals surface area contributed by atoms with Gasteiger partial charge in [0.05, 0.1) is 27.0 Å². The standard InChI is InChI=1S/C17H18N2O4/c1-21-14-7-11(8-15(22-2)17(14)23-3)16(19)12-6-10(9-20)4-5-13(12)18/h4-9,19H,18H2,1-3H3. The zero-order chi connectivity index (χ0) is 17.0. The fourth-order valence-corrected chi connectivity index (χ4v) is 2.24. The summed E-state index contributed by atoms with van der Waals surface area (Å²) in [4.78, 5) is 10.9. The summed E-state index contributed by atoms with van der Waals surface area (Å²) in [6, 6.07) is 8.11. The largest absolute Gasteiger partial charge is 0.493 e. The van der Waals surface area contributed by atoms with Crippen LogP contribution in [0.15, 0.2) is 30.3 Å². The van der Waals surface area contributed by atoms with Crippen LogP contribution in [0, 0.1) is 5.41 Å². The van der Waals surface area contributed by atoms with Crippen LogP contribution < -0.4 is 19.9 Å². The second-order valence-corrected chi connectivity index (χ2v) is 4.75. The fraction of sp³-hybridized carbons (Fsp3) is 0.176. The summed E-state index contributed by atoms with van der Waals surface area (Å²) in [5.74, 6) is 1.33. The zero-order valence-corrected chi connectivity index (χ0v) is 13.2. The Labute approximate surface area is 134 Å². The van der Waals surface area contributed by atoms with Crippen molar-refractivity contribution < 1.29 is 19.0 Å². The molecule has 0 spiro atoms. The van der Waals surface area contributed by atoms with Crippen molar-refractivity contribution in [3.8, 4) is 17.2 Å². The molecule has 0 aliphatic rings. The Bertz CT molecular complexity index is 731. The number of carbonyl (C=O) groups excluding carboxylic acids is 1. The molecule has 0 radical (unpaired) electrons. The first kappa shape index (κ1) is 16.4. The number of carbonyl (C=O) groups is 1. The predicted molar refractivity (Wildman–Crippen MR) is 88.3 cm³/mol. The highest BCUT2D eigenvalue weighted by Crippen LogP contribution is 2.38. The Morgan fingerprint density at radius 1 is 1.04 bits per heavy atom. The van der Waals surface area contributed by atoms with Crippen LogP contribution >= 0.6 is 0 Å². The molecular weight excluding hydrogens is 296 g/mol. The number of aldehydes is 1. The van der Waals surface area contributed by atoms with Gasteiger partial charge in [0.25, 0.3) is 0 Å². The molecule has 0 aliphatic heterocycles. The van der Waals surface area contributed by atoms with Crippen molar-refractivity contribution in [1.29, 1.82) is 5.41 Å². The monoisotopic (exact) mass is 314 g/mol. The number of rotatable bonds is 6. The third-order valence-electron chi connectivity index (χ3n) is 3.44. The van der Waals surface area contributed by atoms with E-state index in [1.54, 1.807) is 30.3 Å². The van der Waals surface area contributed by atoms with Gasteiger partial charge in [-0.05, 0) is 30.3 Å². The van der Waals surface area contributed by atoms with Crippen LogP contribution in [-0.2, 0) is 0 Å². The van der Waals surface area contributed by atoms with Crippen molar-refractivity contribution in [3.63, 3.8) is 0 Å². The van der Waals surface area contributed by atoms with Gasteiger partial charge in [0.1, 0.15) is 6.29 Å².